The Bertz CT molecular complexity index is 1470. The molecule has 0 radical (unpaired) electrons. The molecule has 0 aliphatic heterocycles. The van der Waals surface area contributed by atoms with Gasteiger partial charge in [-0.15, -0.1) is 0 Å². The molecule has 34 heavy (non-hydrogen) atoms. The van der Waals surface area contributed by atoms with Crippen LogP contribution in [0.1, 0.15) is 37.0 Å². The highest BCUT2D eigenvalue weighted by Crippen LogP contribution is 2.27. The van der Waals surface area contributed by atoms with E-state index < -0.39 is 17.2 Å². The topological polar surface area (TPSA) is 132 Å². The monoisotopic (exact) mass is 461 g/mol. The molecule has 0 aliphatic rings. The summed E-state index contributed by atoms with van der Waals surface area (Å²) >= 11 is 0. The van der Waals surface area contributed by atoms with E-state index in [0.717, 1.165) is 12.0 Å². The first-order valence-corrected chi connectivity index (χ1v) is 11.2. The number of carbonyl (C=O) groups excluding carboxylic acids is 1. The number of nitrogen functional groups attached to an aromatic ring is 1. The molecular weight excluding hydrogens is 434 g/mol. The zero-order chi connectivity index (χ0) is 24.4. The number of benzene rings is 1. The van der Waals surface area contributed by atoms with Crippen molar-refractivity contribution in [1.82, 2.24) is 24.3 Å². The first kappa shape index (κ1) is 23.0. The second kappa shape index (κ2) is 9.34. The van der Waals surface area contributed by atoms with Crippen molar-refractivity contribution in [3.63, 3.8) is 0 Å². The van der Waals surface area contributed by atoms with E-state index in [1.807, 2.05) is 44.2 Å². The lowest BCUT2D eigenvalue weighted by atomic mass is 10.1. The van der Waals surface area contributed by atoms with E-state index in [0.29, 0.717) is 41.8 Å². The molecule has 0 spiro atoms. The molecule has 10 nitrogen and oxygen atoms in total. The van der Waals surface area contributed by atoms with Crippen molar-refractivity contribution in [2.45, 2.75) is 39.8 Å². The molecule has 0 aliphatic carbocycles. The molecule has 4 rings (SSSR count). The summed E-state index contributed by atoms with van der Waals surface area (Å²) in [6, 6.07) is 11.2. The number of fused-ring (bicyclic) bond motifs is 1. The van der Waals surface area contributed by atoms with Gasteiger partial charge in [0.25, 0.3) is 11.5 Å². The third-order valence-electron chi connectivity index (χ3n) is 5.80. The molecule has 0 fully saturated rings. The first-order chi connectivity index (χ1) is 16.4. The van der Waals surface area contributed by atoms with Crippen LogP contribution in [0.2, 0.25) is 0 Å². The van der Waals surface area contributed by atoms with E-state index in [1.165, 1.54) is 16.5 Å². The molecule has 0 unspecified atom stereocenters. The lowest BCUT2D eigenvalue weighted by Crippen LogP contribution is -2.39. The molecule has 1 amide bonds. The number of anilines is 2. The molecule has 176 valence electrons. The predicted octanol–water partition coefficient (Wildman–Crippen LogP) is 2.63. The van der Waals surface area contributed by atoms with Crippen molar-refractivity contribution in [2.75, 3.05) is 17.7 Å². The van der Waals surface area contributed by atoms with Crippen LogP contribution in [0.5, 0.6) is 0 Å². The number of nitrogens with zero attached hydrogens (tertiary/aromatic N) is 5. The Kier molecular flexibility index (Phi) is 6.31. The summed E-state index contributed by atoms with van der Waals surface area (Å²) in [7, 11) is 1.47. The average molecular weight is 462 g/mol. The predicted molar refractivity (Wildman–Crippen MR) is 132 cm³/mol. The molecule has 1 aromatic carbocycles. The lowest BCUT2D eigenvalue weighted by Gasteiger charge is -2.21. The third kappa shape index (κ3) is 3.98. The number of aryl methyl sites for hydroxylation is 1. The van der Waals surface area contributed by atoms with Gasteiger partial charge in [-0.25, -0.2) is 14.5 Å². The number of nitrogens with one attached hydrogen (secondary N) is 1. The van der Waals surface area contributed by atoms with Crippen LogP contribution < -0.4 is 21.9 Å². The zero-order valence-corrected chi connectivity index (χ0v) is 19.4. The molecule has 0 bridgehead atoms. The summed E-state index contributed by atoms with van der Waals surface area (Å²) in [5.41, 5.74) is 7.18. The van der Waals surface area contributed by atoms with Gasteiger partial charge < -0.3 is 10.6 Å². The summed E-state index contributed by atoms with van der Waals surface area (Å²) in [6.45, 7) is 4.84. The molecule has 10 heteroatoms. The smallest absolute Gasteiger partial charge is 0.330 e. The van der Waals surface area contributed by atoms with Crippen molar-refractivity contribution in [3.8, 4) is 11.3 Å². The zero-order valence-electron chi connectivity index (χ0n) is 19.4. The van der Waals surface area contributed by atoms with Crippen LogP contribution >= 0.6 is 0 Å². The van der Waals surface area contributed by atoms with Crippen LogP contribution in [0.25, 0.3) is 22.3 Å². The maximum absolute atomic E-state index is 13.7. The van der Waals surface area contributed by atoms with Crippen LogP contribution in [0.3, 0.4) is 0 Å². The first-order valence-electron chi connectivity index (χ1n) is 11.2. The van der Waals surface area contributed by atoms with Crippen molar-refractivity contribution >= 4 is 28.4 Å². The van der Waals surface area contributed by atoms with E-state index >= 15 is 0 Å². The Morgan fingerprint density at radius 1 is 1.18 bits per heavy atom. The van der Waals surface area contributed by atoms with Crippen molar-refractivity contribution in [1.29, 1.82) is 0 Å². The normalized spacial score (nSPS) is 11.1. The maximum Gasteiger partial charge on any atom is 0.330 e. The fraction of sp³-hybridized carbons (Fsp3) is 0.292. The number of rotatable bonds is 7. The van der Waals surface area contributed by atoms with Gasteiger partial charge in [-0.3, -0.25) is 19.1 Å². The van der Waals surface area contributed by atoms with Gasteiger partial charge in [0.2, 0.25) is 0 Å². The Labute approximate surface area is 195 Å². The molecule has 3 heterocycles. The summed E-state index contributed by atoms with van der Waals surface area (Å²) in [4.78, 5) is 46.9. The summed E-state index contributed by atoms with van der Waals surface area (Å²) in [5.74, 6) is -0.506. The Morgan fingerprint density at radius 2 is 1.91 bits per heavy atom. The van der Waals surface area contributed by atoms with E-state index in [-0.39, 0.29) is 11.5 Å². The number of aromatic amines is 1. The summed E-state index contributed by atoms with van der Waals surface area (Å²) in [5, 5.41) is 4.93. The van der Waals surface area contributed by atoms with Gasteiger partial charge in [0.05, 0.1) is 22.8 Å². The lowest BCUT2D eigenvalue weighted by molar-refractivity contribution is 0.0994. The molecule has 0 saturated heterocycles. The van der Waals surface area contributed by atoms with Gasteiger partial charge in [0.15, 0.2) is 11.3 Å². The van der Waals surface area contributed by atoms with Gasteiger partial charge in [-0.1, -0.05) is 43.7 Å². The number of aromatic nitrogens is 5. The fourth-order valence-corrected chi connectivity index (χ4v) is 3.93. The minimum Gasteiger partial charge on any atom is -0.383 e. The minimum atomic E-state index is -0.719. The number of pyridine rings is 1. The van der Waals surface area contributed by atoms with Crippen LogP contribution in [0.4, 0.5) is 11.5 Å². The average Bonchev–Trinajstić information content (AvgIpc) is 3.26. The standard InChI is InChI=1S/C24H27N7O3/c1-4-6-12-30-20(25)19(22(32)28-24(30)34)29(3)23(33)16-13-18(15-10-8-7-9-11-15)27-21-17(16)14-26-31(21)5-2/h7-11,13-14H,4-6,12,25H2,1-3H3,(H,28,32,34). The molecular formula is C24H27N7O3. The van der Waals surface area contributed by atoms with E-state index in [1.54, 1.807) is 16.9 Å². The van der Waals surface area contributed by atoms with Gasteiger partial charge >= 0.3 is 5.69 Å². The minimum absolute atomic E-state index is 0.0455. The number of amides is 1. The SMILES string of the molecule is CCCCn1c(N)c(N(C)C(=O)c2cc(-c3ccccc3)nc3c2cnn3CC)c(=O)[nH]c1=O. The Hall–Kier alpha value is -4.21. The highest BCUT2D eigenvalue weighted by atomic mass is 16.2. The third-order valence-corrected chi connectivity index (χ3v) is 5.80. The molecule has 3 aromatic heterocycles. The summed E-state index contributed by atoms with van der Waals surface area (Å²) in [6.07, 6.45) is 3.14. The number of hydrogen-bond donors (Lipinski definition) is 2. The van der Waals surface area contributed by atoms with Crippen molar-refractivity contribution in [3.05, 3.63) is 69.0 Å². The molecule has 0 saturated carbocycles. The van der Waals surface area contributed by atoms with E-state index in [2.05, 4.69) is 10.1 Å². The molecule has 4 aromatic rings. The number of H-pyrrole nitrogens is 1. The maximum atomic E-state index is 13.7. The van der Waals surface area contributed by atoms with Crippen molar-refractivity contribution < 1.29 is 4.79 Å². The number of hydrogen-bond acceptors (Lipinski definition) is 6. The highest BCUT2D eigenvalue weighted by Gasteiger charge is 2.25. The largest absolute Gasteiger partial charge is 0.383 e. The summed E-state index contributed by atoms with van der Waals surface area (Å²) < 4.78 is 3.00. The quantitative estimate of drug-likeness (QED) is 0.435. The van der Waals surface area contributed by atoms with Gasteiger partial charge in [-0.2, -0.15) is 5.10 Å². The number of nitrogens with two attached hydrogens (primary N) is 1. The fourth-order valence-electron chi connectivity index (χ4n) is 3.93. The Balaban J connectivity index is 1.87. The van der Waals surface area contributed by atoms with Crippen LogP contribution in [0, 0.1) is 0 Å². The molecule has 0 atom stereocenters. The number of unbranched alkanes of at least 4 members (excludes halogenated alkanes) is 1. The van der Waals surface area contributed by atoms with Gasteiger partial charge in [-0.05, 0) is 19.4 Å². The van der Waals surface area contributed by atoms with Crippen LogP contribution in [0.15, 0.2) is 52.2 Å². The van der Waals surface area contributed by atoms with E-state index in [9.17, 15) is 14.4 Å². The number of carbonyl (C=O) groups is 1. The molecule has 3 N–H and O–H groups in total. The van der Waals surface area contributed by atoms with Gasteiger partial charge in [0.1, 0.15) is 5.82 Å². The highest BCUT2D eigenvalue weighted by molar-refractivity contribution is 6.14. The Morgan fingerprint density at radius 3 is 2.59 bits per heavy atom. The second-order valence-corrected chi connectivity index (χ2v) is 7.98. The van der Waals surface area contributed by atoms with Crippen molar-refractivity contribution in [2.24, 2.45) is 0 Å². The van der Waals surface area contributed by atoms with Crippen LogP contribution in [-0.2, 0) is 13.1 Å². The van der Waals surface area contributed by atoms with Crippen LogP contribution in [-0.4, -0.2) is 37.3 Å². The second-order valence-electron chi connectivity index (χ2n) is 7.98. The van der Waals surface area contributed by atoms with E-state index in [4.69, 9.17) is 10.7 Å². The van der Waals surface area contributed by atoms with Gasteiger partial charge in [0, 0.05) is 25.7 Å².